The number of morpholine rings is 1. The number of benzene rings is 1. The summed E-state index contributed by atoms with van der Waals surface area (Å²) in [5.41, 5.74) is -0.684. The molecule has 0 saturated carbocycles. The topological polar surface area (TPSA) is 21.7 Å². The molecule has 1 aromatic carbocycles. The molecule has 19 heavy (non-hydrogen) atoms. The highest BCUT2D eigenvalue weighted by Crippen LogP contribution is 2.31. The molecule has 0 bridgehead atoms. The van der Waals surface area contributed by atoms with Gasteiger partial charge >= 0.3 is 6.18 Å². The molecule has 6 heteroatoms. The van der Waals surface area contributed by atoms with E-state index in [1.165, 1.54) is 12.1 Å². The predicted molar refractivity (Wildman–Crippen MR) is 64.2 cm³/mol. The van der Waals surface area contributed by atoms with E-state index in [0.29, 0.717) is 26.4 Å². The maximum atomic E-state index is 12.5. The fraction of sp³-hybridized carbons (Fsp3) is 0.538. The third-order valence-electron chi connectivity index (χ3n) is 2.94. The molecule has 3 nitrogen and oxygen atoms in total. The van der Waals surface area contributed by atoms with Gasteiger partial charge in [-0.3, -0.25) is 4.90 Å². The monoisotopic (exact) mass is 275 g/mol. The zero-order valence-electron chi connectivity index (χ0n) is 10.4. The van der Waals surface area contributed by atoms with Crippen LogP contribution in [0.1, 0.15) is 5.56 Å². The lowest BCUT2D eigenvalue weighted by Crippen LogP contribution is -2.38. The van der Waals surface area contributed by atoms with Gasteiger partial charge in [-0.2, -0.15) is 13.2 Å². The van der Waals surface area contributed by atoms with E-state index in [1.54, 1.807) is 0 Å². The molecule has 0 aliphatic carbocycles. The zero-order valence-corrected chi connectivity index (χ0v) is 10.4. The molecule has 1 aliphatic rings. The maximum absolute atomic E-state index is 12.5. The second-order valence-corrected chi connectivity index (χ2v) is 4.33. The summed E-state index contributed by atoms with van der Waals surface area (Å²) in [4.78, 5) is 2.16. The van der Waals surface area contributed by atoms with Gasteiger partial charge in [0, 0.05) is 19.6 Å². The fourth-order valence-corrected chi connectivity index (χ4v) is 1.88. The Labute approximate surface area is 109 Å². The normalized spacial score (nSPS) is 17.4. The lowest BCUT2D eigenvalue weighted by atomic mass is 10.2. The SMILES string of the molecule is FC(F)(F)c1cccc(OCCN2CCOCC2)c1. The Morgan fingerprint density at radius 2 is 1.95 bits per heavy atom. The van der Waals surface area contributed by atoms with Crippen molar-refractivity contribution in [1.29, 1.82) is 0 Å². The van der Waals surface area contributed by atoms with Gasteiger partial charge in [0.15, 0.2) is 0 Å². The number of rotatable bonds is 4. The lowest BCUT2D eigenvalue weighted by Gasteiger charge is -2.26. The number of alkyl halides is 3. The van der Waals surface area contributed by atoms with Gasteiger partial charge in [0.05, 0.1) is 18.8 Å². The molecular formula is C13H16F3NO2. The Morgan fingerprint density at radius 1 is 1.21 bits per heavy atom. The molecule has 1 fully saturated rings. The first-order chi connectivity index (χ1) is 9.05. The molecule has 0 radical (unpaired) electrons. The summed E-state index contributed by atoms with van der Waals surface area (Å²) in [6.45, 7) is 4.14. The minimum Gasteiger partial charge on any atom is -0.492 e. The molecule has 1 saturated heterocycles. The van der Waals surface area contributed by atoms with Gasteiger partial charge in [-0.1, -0.05) is 6.07 Å². The Bertz CT molecular complexity index is 403. The van der Waals surface area contributed by atoms with Crippen molar-refractivity contribution in [1.82, 2.24) is 4.90 Å². The summed E-state index contributed by atoms with van der Waals surface area (Å²) in [7, 11) is 0. The highest BCUT2D eigenvalue weighted by molar-refractivity contribution is 5.30. The predicted octanol–water partition coefficient (Wildman–Crippen LogP) is 2.42. The Kier molecular flexibility index (Phi) is 4.66. The van der Waals surface area contributed by atoms with Gasteiger partial charge in [0.25, 0.3) is 0 Å². The van der Waals surface area contributed by atoms with Crippen molar-refractivity contribution in [2.75, 3.05) is 39.5 Å². The molecule has 0 unspecified atom stereocenters. The van der Waals surface area contributed by atoms with E-state index in [4.69, 9.17) is 9.47 Å². The highest BCUT2D eigenvalue weighted by Gasteiger charge is 2.30. The van der Waals surface area contributed by atoms with E-state index >= 15 is 0 Å². The van der Waals surface area contributed by atoms with Crippen molar-refractivity contribution in [3.63, 3.8) is 0 Å². The van der Waals surface area contributed by atoms with E-state index in [2.05, 4.69) is 4.90 Å². The number of ether oxygens (including phenoxy) is 2. The number of halogens is 3. The van der Waals surface area contributed by atoms with Crippen molar-refractivity contribution in [2.24, 2.45) is 0 Å². The van der Waals surface area contributed by atoms with Crippen LogP contribution >= 0.6 is 0 Å². The van der Waals surface area contributed by atoms with Crippen LogP contribution in [0.4, 0.5) is 13.2 Å². The van der Waals surface area contributed by atoms with Gasteiger partial charge < -0.3 is 9.47 Å². The summed E-state index contributed by atoms with van der Waals surface area (Å²) in [5, 5.41) is 0. The van der Waals surface area contributed by atoms with Gasteiger partial charge in [0.2, 0.25) is 0 Å². The average molecular weight is 275 g/mol. The molecular weight excluding hydrogens is 259 g/mol. The smallest absolute Gasteiger partial charge is 0.416 e. The largest absolute Gasteiger partial charge is 0.492 e. The van der Waals surface area contributed by atoms with Crippen LogP contribution in [0.5, 0.6) is 5.75 Å². The molecule has 0 atom stereocenters. The van der Waals surface area contributed by atoms with E-state index < -0.39 is 11.7 Å². The van der Waals surface area contributed by atoms with Crippen LogP contribution in [0, 0.1) is 0 Å². The second-order valence-electron chi connectivity index (χ2n) is 4.33. The summed E-state index contributed by atoms with van der Waals surface area (Å²) >= 11 is 0. The Morgan fingerprint density at radius 3 is 2.63 bits per heavy atom. The first-order valence-electron chi connectivity index (χ1n) is 6.16. The van der Waals surface area contributed by atoms with Gasteiger partial charge in [-0.25, -0.2) is 0 Å². The summed E-state index contributed by atoms with van der Waals surface area (Å²) < 4.78 is 48.1. The standard InChI is InChI=1S/C13H16F3NO2/c14-13(15,16)11-2-1-3-12(10-11)19-9-6-17-4-7-18-8-5-17/h1-3,10H,4-9H2. The van der Waals surface area contributed by atoms with E-state index in [-0.39, 0.29) is 5.75 Å². The lowest BCUT2D eigenvalue weighted by molar-refractivity contribution is -0.137. The summed E-state index contributed by atoms with van der Waals surface area (Å²) in [6, 6.07) is 4.95. The molecule has 0 amide bonds. The summed E-state index contributed by atoms with van der Waals surface area (Å²) in [6.07, 6.45) is -4.33. The molecule has 0 spiro atoms. The van der Waals surface area contributed by atoms with Crippen molar-refractivity contribution >= 4 is 0 Å². The maximum Gasteiger partial charge on any atom is 0.416 e. The van der Waals surface area contributed by atoms with Crippen molar-refractivity contribution in [3.8, 4) is 5.75 Å². The number of hydrogen-bond acceptors (Lipinski definition) is 3. The molecule has 1 aliphatic heterocycles. The van der Waals surface area contributed by atoms with Gasteiger partial charge in [-0.05, 0) is 18.2 Å². The zero-order chi connectivity index (χ0) is 13.7. The van der Waals surface area contributed by atoms with Crippen LogP contribution in [0.15, 0.2) is 24.3 Å². The molecule has 0 aromatic heterocycles. The average Bonchev–Trinajstić information content (AvgIpc) is 2.39. The summed E-state index contributed by atoms with van der Waals surface area (Å²) in [5.74, 6) is 0.253. The second kappa shape index (κ2) is 6.25. The van der Waals surface area contributed by atoms with Crippen molar-refractivity contribution in [2.45, 2.75) is 6.18 Å². The molecule has 1 aromatic rings. The van der Waals surface area contributed by atoms with E-state index in [0.717, 1.165) is 25.2 Å². The molecule has 106 valence electrons. The van der Waals surface area contributed by atoms with Crippen LogP contribution < -0.4 is 4.74 Å². The fourth-order valence-electron chi connectivity index (χ4n) is 1.88. The Hall–Kier alpha value is -1.27. The highest BCUT2D eigenvalue weighted by atomic mass is 19.4. The first-order valence-corrected chi connectivity index (χ1v) is 6.16. The van der Waals surface area contributed by atoms with Crippen LogP contribution in [0.25, 0.3) is 0 Å². The van der Waals surface area contributed by atoms with Crippen LogP contribution in [-0.4, -0.2) is 44.4 Å². The van der Waals surface area contributed by atoms with Crippen molar-refractivity contribution in [3.05, 3.63) is 29.8 Å². The Balaban J connectivity index is 1.82. The van der Waals surface area contributed by atoms with Crippen molar-refractivity contribution < 1.29 is 22.6 Å². The van der Waals surface area contributed by atoms with Crippen LogP contribution in [0.2, 0.25) is 0 Å². The third kappa shape index (κ3) is 4.40. The number of hydrogen-bond donors (Lipinski definition) is 0. The van der Waals surface area contributed by atoms with Gasteiger partial charge in [-0.15, -0.1) is 0 Å². The minimum absolute atomic E-state index is 0.253. The van der Waals surface area contributed by atoms with E-state index in [9.17, 15) is 13.2 Å². The molecule has 2 rings (SSSR count). The van der Waals surface area contributed by atoms with Crippen LogP contribution in [-0.2, 0) is 10.9 Å². The quantitative estimate of drug-likeness (QED) is 0.842. The molecule has 1 heterocycles. The third-order valence-corrected chi connectivity index (χ3v) is 2.94. The van der Waals surface area contributed by atoms with Crippen LogP contribution in [0.3, 0.4) is 0 Å². The number of nitrogens with zero attached hydrogens (tertiary/aromatic N) is 1. The first kappa shape index (κ1) is 14.1. The molecule has 0 N–H and O–H groups in total. The van der Waals surface area contributed by atoms with Gasteiger partial charge in [0.1, 0.15) is 12.4 Å². The minimum atomic E-state index is -4.33. The van der Waals surface area contributed by atoms with E-state index in [1.807, 2.05) is 0 Å².